The molecule has 0 heterocycles. The van der Waals surface area contributed by atoms with Crippen molar-refractivity contribution in [3.63, 3.8) is 0 Å². The number of benzene rings is 1. The van der Waals surface area contributed by atoms with E-state index in [4.69, 9.17) is 0 Å². The average molecular weight is 285 g/mol. The molecule has 0 radical (unpaired) electrons. The summed E-state index contributed by atoms with van der Waals surface area (Å²) < 4.78 is 0. The summed E-state index contributed by atoms with van der Waals surface area (Å²) in [5.41, 5.74) is 1.53. The number of aliphatic hydroxyl groups is 1. The van der Waals surface area contributed by atoms with Crippen molar-refractivity contribution in [1.82, 2.24) is 0 Å². The zero-order chi connectivity index (χ0) is 15.5. The van der Waals surface area contributed by atoms with E-state index in [0.717, 1.165) is 31.2 Å². The molecule has 0 amide bonds. The summed E-state index contributed by atoms with van der Waals surface area (Å²) in [5.74, 6) is 0. The second-order valence-electron chi connectivity index (χ2n) is 6.83. The van der Waals surface area contributed by atoms with Crippen LogP contribution in [0.4, 0.5) is 0 Å². The van der Waals surface area contributed by atoms with Crippen molar-refractivity contribution in [2.45, 2.75) is 71.3 Å². The molecule has 1 aromatic carbocycles. The second-order valence-corrected chi connectivity index (χ2v) is 6.83. The minimum atomic E-state index is -1.09. The molecular weight excluding hydrogens is 258 g/mol. The standard InChI is InChI=1S/C19H27NO/c1-15-9-10-17(13-16(15)2)18(3,21)19(14-20)11-7-5-4-6-8-12-19/h9-10,13,21H,4-8,11-12H2,1-3H3. The molecule has 1 N–H and O–H groups in total. The Hall–Kier alpha value is -1.33. The third-order valence-electron chi connectivity index (χ3n) is 5.42. The fraction of sp³-hybridized carbons (Fsp3) is 0.632. The van der Waals surface area contributed by atoms with Crippen LogP contribution in [0.5, 0.6) is 0 Å². The predicted octanol–water partition coefficient (Wildman–Crippen LogP) is 4.77. The summed E-state index contributed by atoms with van der Waals surface area (Å²) >= 11 is 0. The second kappa shape index (κ2) is 6.20. The molecule has 0 aliphatic heterocycles. The van der Waals surface area contributed by atoms with Gasteiger partial charge in [0.15, 0.2) is 0 Å². The molecule has 1 aliphatic rings. The molecule has 0 spiro atoms. The van der Waals surface area contributed by atoms with Crippen LogP contribution in [-0.4, -0.2) is 5.11 Å². The van der Waals surface area contributed by atoms with Crippen LogP contribution in [-0.2, 0) is 5.60 Å². The summed E-state index contributed by atoms with van der Waals surface area (Å²) in [7, 11) is 0. The fourth-order valence-electron chi connectivity index (χ4n) is 3.54. The first-order chi connectivity index (χ1) is 9.93. The van der Waals surface area contributed by atoms with E-state index in [9.17, 15) is 10.4 Å². The maximum absolute atomic E-state index is 11.3. The normalized spacial score (nSPS) is 21.7. The van der Waals surface area contributed by atoms with Crippen LogP contribution >= 0.6 is 0 Å². The van der Waals surface area contributed by atoms with E-state index < -0.39 is 11.0 Å². The Bertz CT molecular complexity index is 531. The van der Waals surface area contributed by atoms with Crippen LogP contribution in [0.3, 0.4) is 0 Å². The van der Waals surface area contributed by atoms with Crippen molar-refractivity contribution in [1.29, 1.82) is 5.26 Å². The van der Waals surface area contributed by atoms with Crippen molar-refractivity contribution in [2.24, 2.45) is 5.41 Å². The molecule has 1 atom stereocenters. The number of nitrogens with zero attached hydrogens (tertiary/aromatic N) is 1. The lowest BCUT2D eigenvalue weighted by molar-refractivity contribution is -0.0583. The van der Waals surface area contributed by atoms with Crippen LogP contribution < -0.4 is 0 Å². The maximum atomic E-state index is 11.3. The van der Waals surface area contributed by atoms with Crippen LogP contribution in [0, 0.1) is 30.6 Å². The van der Waals surface area contributed by atoms with Crippen molar-refractivity contribution < 1.29 is 5.11 Å². The average Bonchev–Trinajstić information content (AvgIpc) is 2.42. The quantitative estimate of drug-likeness (QED) is 0.851. The molecule has 2 heteroatoms. The van der Waals surface area contributed by atoms with E-state index in [0.29, 0.717) is 0 Å². The molecule has 1 aliphatic carbocycles. The molecule has 1 aromatic rings. The van der Waals surface area contributed by atoms with Gasteiger partial charge in [0.2, 0.25) is 0 Å². The van der Waals surface area contributed by atoms with Crippen LogP contribution in [0.1, 0.15) is 68.6 Å². The SMILES string of the molecule is Cc1ccc(C(C)(O)C2(C#N)CCCCCCC2)cc1C. The minimum Gasteiger partial charge on any atom is -0.384 e. The van der Waals surface area contributed by atoms with E-state index in [1.54, 1.807) is 0 Å². The highest BCUT2D eigenvalue weighted by molar-refractivity contribution is 5.35. The van der Waals surface area contributed by atoms with E-state index in [1.807, 2.05) is 25.1 Å². The molecule has 1 unspecified atom stereocenters. The van der Waals surface area contributed by atoms with Gasteiger partial charge in [-0.2, -0.15) is 5.26 Å². The van der Waals surface area contributed by atoms with Gasteiger partial charge in [-0.15, -0.1) is 0 Å². The molecule has 21 heavy (non-hydrogen) atoms. The highest BCUT2D eigenvalue weighted by Gasteiger charge is 2.48. The monoisotopic (exact) mass is 285 g/mol. The zero-order valence-corrected chi connectivity index (χ0v) is 13.6. The Balaban J connectivity index is 2.41. The highest BCUT2D eigenvalue weighted by atomic mass is 16.3. The Morgan fingerprint density at radius 3 is 2.14 bits per heavy atom. The number of aryl methyl sites for hydroxylation is 2. The Morgan fingerprint density at radius 1 is 1.05 bits per heavy atom. The Kier molecular flexibility index (Phi) is 4.74. The van der Waals surface area contributed by atoms with Gasteiger partial charge in [0.05, 0.1) is 11.5 Å². The van der Waals surface area contributed by atoms with Gasteiger partial charge in [-0.05, 0) is 50.3 Å². The van der Waals surface area contributed by atoms with Crippen molar-refractivity contribution >= 4 is 0 Å². The lowest BCUT2D eigenvalue weighted by Crippen LogP contribution is -2.43. The van der Waals surface area contributed by atoms with E-state index >= 15 is 0 Å². The predicted molar refractivity (Wildman–Crippen MR) is 85.9 cm³/mol. The fourth-order valence-corrected chi connectivity index (χ4v) is 3.54. The van der Waals surface area contributed by atoms with E-state index in [2.05, 4.69) is 19.9 Å². The van der Waals surface area contributed by atoms with Crippen LogP contribution in [0.2, 0.25) is 0 Å². The van der Waals surface area contributed by atoms with E-state index in [1.165, 1.54) is 30.4 Å². The first-order valence-electron chi connectivity index (χ1n) is 8.14. The van der Waals surface area contributed by atoms with Gasteiger partial charge >= 0.3 is 0 Å². The van der Waals surface area contributed by atoms with Gasteiger partial charge in [0.25, 0.3) is 0 Å². The summed E-state index contributed by atoms with van der Waals surface area (Å²) in [4.78, 5) is 0. The Labute approximate surface area is 128 Å². The van der Waals surface area contributed by atoms with Gasteiger partial charge < -0.3 is 5.11 Å². The van der Waals surface area contributed by atoms with Gasteiger partial charge in [-0.3, -0.25) is 0 Å². The lowest BCUT2D eigenvalue weighted by Gasteiger charge is -2.42. The van der Waals surface area contributed by atoms with Crippen molar-refractivity contribution in [3.05, 3.63) is 34.9 Å². The van der Waals surface area contributed by atoms with Gasteiger partial charge in [-0.1, -0.05) is 50.3 Å². The van der Waals surface area contributed by atoms with E-state index in [-0.39, 0.29) is 0 Å². The molecule has 2 rings (SSSR count). The zero-order valence-electron chi connectivity index (χ0n) is 13.6. The molecule has 114 valence electrons. The summed E-state index contributed by atoms with van der Waals surface area (Å²) in [6, 6.07) is 8.59. The highest BCUT2D eigenvalue weighted by Crippen LogP contribution is 2.48. The number of hydrogen-bond donors (Lipinski definition) is 1. The van der Waals surface area contributed by atoms with Crippen LogP contribution in [0.15, 0.2) is 18.2 Å². The molecule has 0 saturated heterocycles. The summed E-state index contributed by atoms with van der Waals surface area (Å²) in [6.07, 6.45) is 7.27. The van der Waals surface area contributed by atoms with Crippen molar-refractivity contribution in [3.8, 4) is 6.07 Å². The summed E-state index contributed by atoms with van der Waals surface area (Å²) in [5, 5.41) is 21.1. The van der Waals surface area contributed by atoms with Gasteiger partial charge in [0.1, 0.15) is 5.60 Å². The topological polar surface area (TPSA) is 44.0 Å². The van der Waals surface area contributed by atoms with Gasteiger partial charge in [0, 0.05) is 0 Å². The first-order valence-corrected chi connectivity index (χ1v) is 8.14. The molecular formula is C19H27NO. The largest absolute Gasteiger partial charge is 0.384 e. The third kappa shape index (κ3) is 2.99. The molecule has 1 saturated carbocycles. The van der Waals surface area contributed by atoms with Crippen LogP contribution in [0.25, 0.3) is 0 Å². The molecule has 1 fully saturated rings. The number of hydrogen-bond acceptors (Lipinski definition) is 2. The number of rotatable bonds is 2. The number of nitriles is 1. The molecule has 0 bridgehead atoms. The summed E-state index contributed by atoms with van der Waals surface area (Å²) in [6.45, 7) is 5.97. The molecule has 2 nitrogen and oxygen atoms in total. The van der Waals surface area contributed by atoms with Crippen molar-refractivity contribution in [2.75, 3.05) is 0 Å². The third-order valence-corrected chi connectivity index (χ3v) is 5.42. The minimum absolute atomic E-state index is 0.658. The maximum Gasteiger partial charge on any atom is 0.105 e. The first kappa shape index (κ1) is 16.0. The van der Waals surface area contributed by atoms with Gasteiger partial charge in [-0.25, -0.2) is 0 Å². The Morgan fingerprint density at radius 2 is 1.62 bits per heavy atom. The lowest BCUT2D eigenvalue weighted by atomic mass is 9.64. The smallest absolute Gasteiger partial charge is 0.105 e. The molecule has 0 aromatic heterocycles.